The zero-order chi connectivity index (χ0) is 18.6. The van der Waals surface area contributed by atoms with Crippen LogP contribution in [0.15, 0.2) is 48.7 Å². The van der Waals surface area contributed by atoms with E-state index in [2.05, 4.69) is 10.3 Å². The van der Waals surface area contributed by atoms with Crippen molar-refractivity contribution in [2.24, 2.45) is 5.92 Å². The third-order valence-electron chi connectivity index (χ3n) is 4.96. The maximum Gasteiger partial charge on any atom is 0.259 e. The Kier molecular flexibility index (Phi) is 5.05. The van der Waals surface area contributed by atoms with Crippen molar-refractivity contribution in [1.29, 1.82) is 0 Å². The number of nitrogens with one attached hydrogen (secondary N) is 1. The van der Waals surface area contributed by atoms with E-state index < -0.39 is 0 Å². The van der Waals surface area contributed by atoms with Gasteiger partial charge in [0, 0.05) is 25.3 Å². The third kappa shape index (κ3) is 4.27. The molecule has 27 heavy (non-hydrogen) atoms. The fraction of sp³-hybridized carbons (Fsp3) is 0.381. The molecule has 1 aromatic heterocycles. The van der Waals surface area contributed by atoms with Crippen LogP contribution in [-0.2, 0) is 4.79 Å². The van der Waals surface area contributed by atoms with Gasteiger partial charge in [-0.25, -0.2) is 4.98 Å². The first-order chi connectivity index (χ1) is 13.2. The lowest BCUT2D eigenvalue weighted by molar-refractivity contribution is -0.126. The van der Waals surface area contributed by atoms with Gasteiger partial charge in [0.25, 0.3) is 5.91 Å². The van der Waals surface area contributed by atoms with Crippen LogP contribution in [0.4, 0.5) is 0 Å². The van der Waals surface area contributed by atoms with Gasteiger partial charge in [-0.05, 0) is 49.9 Å². The molecule has 2 heterocycles. The molecule has 1 aliphatic carbocycles. The van der Waals surface area contributed by atoms with Crippen molar-refractivity contribution >= 4 is 11.8 Å². The summed E-state index contributed by atoms with van der Waals surface area (Å²) in [7, 11) is 0. The maximum atomic E-state index is 13.1. The number of rotatable bonds is 5. The van der Waals surface area contributed by atoms with Crippen LogP contribution in [0.5, 0.6) is 11.6 Å². The molecule has 1 aromatic carbocycles. The van der Waals surface area contributed by atoms with Crippen LogP contribution < -0.4 is 10.1 Å². The van der Waals surface area contributed by atoms with Gasteiger partial charge in [0.05, 0.1) is 5.92 Å². The molecular formula is C21H23N3O3. The number of hydrogen-bond acceptors (Lipinski definition) is 4. The first-order valence-electron chi connectivity index (χ1n) is 9.48. The summed E-state index contributed by atoms with van der Waals surface area (Å²) in [6.45, 7) is 1.09. The standard InChI is InChI=1S/C21H23N3O3/c25-19(23-16-10-11-16)15-6-5-13-24(14-15)21(26)18-9-4-12-22-20(18)27-17-7-2-1-3-8-17/h1-4,7-9,12,15-16H,5-6,10-11,13-14H2,(H,23,25)/t15-/m0/s1. The van der Waals surface area contributed by atoms with Crippen LogP contribution in [0.3, 0.4) is 0 Å². The van der Waals surface area contributed by atoms with E-state index in [4.69, 9.17) is 4.74 Å². The second-order valence-corrected chi connectivity index (χ2v) is 7.14. The molecule has 1 saturated heterocycles. The van der Waals surface area contributed by atoms with E-state index in [0.29, 0.717) is 36.3 Å². The predicted octanol–water partition coefficient (Wildman–Crippen LogP) is 3.00. The van der Waals surface area contributed by atoms with E-state index >= 15 is 0 Å². The topological polar surface area (TPSA) is 71.5 Å². The van der Waals surface area contributed by atoms with Crippen LogP contribution in [0.1, 0.15) is 36.0 Å². The smallest absolute Gasteiger partial charge is 0.259 e. The molecule has 140 valence electrons. The SMILES string of the molecule is O=C(NC1CC1)[C@H]1CCCN(C(=O)c2cccnc2Oc2ccccc2)C1. The summed E-state index contributed by atoms with van der Waals surface area (Å²) in [5.74, 6) is 0.710. The van der Waals surface area contributed by atoms with Crippen molar-refractivity contribution in [3.8, 4) is 11.6 Å². The summed E-state index contributed by atoms with van der Waals surface area (Å²) in [5.41, 5.74) is 0.421. The molecule has 6 heteroatoms. The molecule has 0 bridgehead atoms. The van der Waals surface area contributed by atoms with E-state index in [1.165, 1.54) is 0 Å². The Bertz CT molecular complexity index is 820. The number of carbonyl (C=O) groups is 2. The quantitative estimate of drug-likeness (QED) is 0.884. The number of amides is 2. The van der Waals surface area contributed by atoms with E-state index in [0.717, 1.165) is 25.7 Å². The van der Waals surface area contributed by atoms with Crippen molar-refractivity contribution in [1.82, 2.24) is 15.2 Å². The normalized spacial score (nSPS) is 19.4. The number of ether oxygens (including phenoxy) is 1. The number of para-hydroxylation sites is 1. The molecule has 6 nitrogen and oxygen atoms in total. The Morgan fingerprint density at radius 2 is 1.89 bits per heavy atom. The summed E-state index contributed by atoms with van der Waals surface area (Å²) in [6, 6.07) is 13.1. The van der Waals surface area contributed by atoms with Gasteiger partial charge < -0.3 is 15.0 Å². The van der Waals surface area contributed by atoms with Gasteiger partial charge in [0.1, 0.15) is 11.3 Å². The summed E-state index contributed by atoms with van der Waals surface area (Å²) in [6.07, 6.45) is 5.39. The number of likely N-dealkylation sites (tertiary alicyclic amines) is 1. The number of carbonyl (C=O) groups excluding carboxylic acids is 2. The zero-order valence-corrected chi connectivity index (χ0v) is 15.1. The Balaban J connectivity index is 1.48. The Hall–Kier alpha value is -2.89. The fourth-order valence-corrected chi connectivity index (χ4v) is 3.33. The third-order valence-corrected chi connectivity index (χ3v) is 4.96. The predicted molar refractivity (Wildman–Crippen MR) is 101 cm³/mol. The number of aromatic nitrogens is 1. The summed E-state index contributed by atoms with van der Waals surface area (Å²) in [5, 5.41) is 3.05. The molecule has 4 rings (SSSR count). The van der Waals surface area contributed by atoms with Crippen molar-refractivity contribution in [3.63, 3.8) is 0 Å². The van der Waals surface area contributed by atoms with Gasteiger partial charge in [-0.15, -0.1) is 0 Å². The van der Waals surface area contributed by atoms with Crippen LogP contribution >= 0.6 is 0 Å². The lowest BCUT2D eigenvalue weighted by atomic mass is 9.96. The highest BCUT2D eigenvalue weighted by molar-refractivity contribution is 5.97. The highest BCUT2D eigenvalue weighted by atomic mass is 16.5. The Morgan fingerprint density at radius 3 is 2.67 bits per heavy atom. The van der Waals surface area contributed by atoms with Crippen molar-refractivity contribution in [3.05, 3.63) is 54.2 Å². The van der Waals surface area contributed by atoms with Crippen molar-refractivity contribution < 1.29 is 14.3 Å². The minimum atomic E-state index is -0.141. The van der Waals surface area contributed by atoms with Gasteiger partial charge >= 0.3 is 0 Å². The zero-order valence-electron chi connectivity index (χ0n) is 15.1. The molecule has 2 aromatic rings. The molecule has 0 radical (unpaired) electrons. The molecule has 1 saturated carbocycles. The molecule has 2 amide bonds. The average molecular weight is 365 g/mol. The van der Waals surface area contributed by atoms with E-state index in [1.807, 2.05) is 30.3 Å². The van der Waals surface area contributed by atoms with Gasteiger partial charge in [0.2, 0.25) is 11.8 Å². The highest BCUT2D eigenvalue weighted by Gasteiger charge is 2.33. The van der Waals surface area contributed by atoms with Gasteiger partial charge in [-0.2, -0.15) is 0 Å². The van der Waals surface area contributed by atoms with Gasteiger partial charge in [-0.1, -0.05) is 18.2 Å². The lowest BCUT2D eigenvalue weighted by Gasteiger charge is -2.32. The molecule has 1 atom stereocenters. The largest absolute Gasteiger partial charge is 0.438 e. The minimum Gasteiger partial charge on any atom is -0.438 e. The molecule has 0 unspecified atom stereocenters. The first kappa shape index (κ1) is 17.5. The molecule has 1 N–H and O–H groups in total. The van der Waals surface area contributed by atoms with Crippen molar-refractivity contribution in [2.45, 2.75) is 31.7 Å². The number of piperidine rings is 1. The van der Waals surface area contributed by atoms with Crippen LogP contribution in [0, 0.1) is 5.92 Å². The summed E-state index contributed by atoms with van der Waals surface area (Å²) < 4.78 is 5.82. The fourth-order valence-electron chi connectivity index (χ4n) is 3.33. The minimum absolute atomic E-state index is 0.0712. The number of benzene rings is 1. The van der Waals surface area contributed by atoms with Crippen LogP contribution in [0.2, 0.25) is 0 Å². The number of pyridine rings is 1. The molecule has 0 spiro atoms. The van der Waals surface area contributed by atoms with Crippen LogP contribution in [0.25, 0.3) is 0 Å². The van der Waals surface area contributed by atoms with Crippen LogP contribution in [-0.4, -0.2) is 40.8 Å². The lowest BCUT2D eigenvalue weighted by Crippen LogP contribution is -2.46. The Labute approximate surface area is 158 Å². The van der Waals surface area contributed by atoms with Gasteiger partial charge in [-0.3, -0.25) is 9.59 Å². The van der Waals surface area contributed by atoms with E-state index in [-0.39, 0.29) is 17.7 Å². The van der Waals surface area contributed by atoms with Gasteiger partial charge in [0.15, 0.2) is 0 Å². The average Bonchev–Trinajstić information content (AvgIpc) is 3.53. The molecule has 2 fully saturated rings. The van der Waals surface area contributed by atoms with E-state index in [9.17, 15) is 9.59 Å². The van der Waals surface area contributed by atoms with E-state index in [1.54, 1.807) is 23.2 Å². The highest BCUT2D eigenvalue weighted by Crippen LogP contribution is 2.26. The monoisotopic (exact) mass is 365 g/mol. The van der Waals surface area contributed by atoms with Crippen molar-refractivity contribution in [2.75, 3.05) is 13.1 Å². The summed E-state index contributed by atoms with van der Waals surface area (Å²) >= 11 is 0. The molecule has 1 aliphatic heterocycles. The molecule has 2 aliphatic rings. The second kappa shape index (κ2) is 7.78. The summed E-state index contributed by atoms with van der Waals surface area (Å²) in [4.78, 5) is 31.5. The first-order valence-corrected chi connectivity index (χ1v) is 9.48. The molecular weight excluding hydrogens is 342 g/mol. The second-order valence-electron chi connectivity index (χ2n) is 7.14. The number of nitrogens with zero attached hydrogens (tertiary/aromatic N) is 2. The Morgan fingerprint density at radius 1 is 1.07 bits per heavy atom. The maximum absolute atomic E-state index is 13.1. The number of hydrogen-bond donors (Lipinski definition) is 1.